The Bertz CT molecular complexity index is 669. The van der Waals surface area contributed by atoms with Crippen molar-refractivity contribution in [1.82, 2.24) is 4.31 Å². The Kier molecular flexibility index (Phi) is 4.42. The van der Waals surface area contributed by atoms with Crippen LogP contribution in [0.2, 0.25) is 0 Å². The van der Waals surface area contributed by atoms with Crippen molar-refractivity contribution < 1.29 is 8.42 Å². The molecule has 2 aromatic rings. The lowest BCUT2D eigenvalue weighted by Crippen LogP contribution is -2.30. The van der Waals surface area contributed by atoms with Crippen LogP contribution >= 0.6 is 0 Å². The highest BCUT2D eigenvalue weighted by molar-refractivity contribution is 7.89. The molecular formula is C15H18N2O2S. The Morgan fingerprint density at radius 3 is 2.35 bits per heavy atom. The molecule has 0 aliphatic heterocycles. The monoisotopic (exact) mass is 290 g/mol. The molecule has 0 aromatic heterocycles. The van der Waals surface area contributed by atoms with Crippen molar-refractivity contribution in [3.8, 4) is 0 Å². The van der Waals surface area contributed by atoms with Crippen LogP contribution in [-0.2, 0) is 16.6 Å². The summed E-state index contributed by atoms with van der Waals surface area (Å²) in [5.74, 6) is 0. The van der Waals surface area contributed by atoms with E-state index in [1.165, 1.54) is 10.4 Å². The van der Waals surface area contributed by atoms with Gasteiger partial charge in [0.05, 0.1) is 4.90 Å². The van der Waals surface area contributed by atoms with Crippen molar-refractivity contribution in [1.29, 1.82) is 0 Å². The van der Waals surface area contributed by atoms with Crippen LogP contribution in [0.1, 0.15) is 12.5 Å². The summed E-state index contributed by atoms with van der Waals surface area (Å²) in [6.45, 7) is 2.59. The molecule has 0 aliphatic rings. The van der Waals surface area contributed by atoms with Crippen LogP contribution in [0.3, 0.4) is 0 Å². The van der Waals surface area contributed by atoms with Gasteiger partial charge < -0.3 is 5.73 Å². The minimum atomic E-state index is -3.52. The minimum Gasteiger partial charge on any atom is -0.399 e. The van der Waals surface area contributed by atoms with Crippen LogP contribution in [0.4, 0.5) is 5.69 Å². The Labute approximate surface area is 119 Å². The predicted octanol–water partition coefficient (Wildman–Crippen LogP) is 2.48. The Hall–Kier alpha value is -1.85. The average molecular weight is 290 g/mol. The first kappa shape index (κ1) is 14.6. The molecule has 2 aromatic carbocycles. The molecule has 0 heterocycles. The van der Waals surface area contributed by atoms with Gasteiger partial charge in [0, 0.05) is 18.8 Å². The van der Waals surface area contributed by atoms with Gasteiger partial charge in [-0.1, -0.05) is 43.3 Å². The molecule has 0 saturated heterocycles. The molecular weight excluding hydrogens is 272 g/mol. The number of sulfonamides is 1. The standard InChI is InChI=1S/C15H18N2O2S/c1-2-17(12-13-7-4-3-5-8-13)20(18,19)15-10-6-9-14(16)11-15/h3-11H,2,12,16H2,1H3. The van der Waals surface area contributed by atoms with Crippen molar-refractivity contribution in [3.63, 3.8) is 0 Å². The molecule has 0 unspecified atom stereocenters. The number of benzene rings is 2. The summed E-state index contributed by atoms with van der Waals surface area (Å²) in [4.78, 5) is 0.232. The Morgan fingerprint density at radius 1 is 1.05 bits per heavy atom. The summed E-state index contributed by atoms with van der Waals surface area (Å²) in [6, 6.07) is 15.9. The summed E-state index contributed by atoms with van der Waals surface area (Å²) in [7, 11) is -3.52. The second-order valence-corrected chi connectivity index (χ2v) is 6.43. The maximum Gasteiger partial charge on any atom is 0.243 e. The normalized spacial score (nSPS) is 11.7. The minimum absolute atomic E-state index is 0.232. The summed E-state index contributed by atoms with van der Waals surface area (Å²) in [5, 5.41) is 0. The lowest BCUT2D eigenvalue weighted by molar-refractivity contribution is 0.423. The molecule has 0 spiro atoms. The number of hydrogen-bond acceptors (Lipinski definition) is 3. The molecule has 0 amide bonds. The van der Waals surface area contributed by atoms with Gasteiger partial charge in [-0.15, -0.1) is 0 Å². The molecule has 5 heteroatoms. The maximum atomic E-state index is 12.6. The van der Waals surface area contributed by atoms with E-state index in [1.807, 2.05) is 37.3 Å². The van der Waals surface area contributed by atoms with E-state index < -0.39 is 10.0 Å². The van der Waals surface area contributed by atoms with Gasteiger partial charge in [0.1, 0.15) is 0 Å². The van der Waals surface area contributed by atoms with E-state index in [1.54, 1.807) is 18.2 Å². The van der Waals surface area contributed by atoms with E-state index in [4.69, 9.17) is 5.73 Å². The number of rotatable bonds is 5. The van der Waals surface area contributed by atoms with Crippen molar-refractivity contribution in [3.05, 3.63) is 60.2 Å². The summed E-state index contributed by atoms with van der Waals surface area (Å²) in [6.07, 6.45) is 0. The predicted molar refractivity (Wildman–Crippen MR) is 80.6 cm³/mol. The third-order valence-electron chi connectivity index (χ3n) is 3.05. The summed E-state index contributed by atoms with van der Waals surface area (Å²) in [5.41, 5.74) is 7.07. The van der Waals surface area contributed by atoms with Gasteiger partial charge in [-0.05, 0) is 23.8 Å². The van der Waals surface area contributed by atoms with Gasteiger partial charge in [-0.2, -0.15) is 4.31 Å². The van der Waals surface area contributed by atoms with Crippen LogP contribution in [0.5, 0.6) is 0 Å². The van der Waals surface area contributed by atoms with Gasteiger partial charge in [-0.25, -0.2) is 8.42 Å². The van der Waals surface area contributed by atoms with E-state index in [2.05, 4.69) is 0 Å². The third kappa shape index (κ3) is 3.18. The first-order chi connectivity index (χ1) is 9.54. The van der Waals surface area contributed by atoms with Crippen LogP contribution < -0.4 is 5.73 Å². The van der Waals surface area contributed by atoms with Crippen molar-refractivity contribution >= 4 is 15.7 Å². The molecule has 0 atom stereocenters. The maximum absolute atomic E-state index is 12.6. The van der Waals surface area contributed by atoms with Crippen LogP contribution in [0.15, 0.2) is 59.5 Å². The van der Waals surface area contributed by atoms with Crippen molar-refractivity contribution in [2.24, 2.45) is 0 Å². The van der Waals surface area contributed by atoms with E-state index in [-0.39, 0.29) is 4.90 Å². The zero-order valence-electron chi connectivity index (χ0n) is 11.4. The van der Waals surface area contributed by atoms with E-state index in [0.29, 0.717) is 18.8 Å². The third-order valence-corrected chi connectivity index (χ3v) is 4.97. The van der Waals surface area contributed by atoms with E-state index in [9.17, 15) is 8.42 Å². The van der Waals surface area contributed by atoms with E-state index in [0.717, 1.165) is 5.56 Å². The lowest BCUT2D eigenvalue weighted by atomic mass is 10.2. The van der Waals surface area contributed by atoms with Gasteiger partial charge in [0.15, 0.2) is 0 Å². The van der Waals surface area contributed by atoms with Crippen LogP contribution in [0.25, 0.3) is 0 Å². The molecule has 4 nitrogen and oxygen atoms in total. The van der Waals surface area contributed by atoms with Gasteiger partial charge in [-0.3, -0.25) is 0 Å². The summed E-state index contributed by atoms with van der Waals surface area (Å²) < 4.78 is 26.6. The Morgan fingerprint density at radius 2 is 1.75 bits per heavy atom. The van der Waals surface area contributed by atoms with Crippen molar-refractivity contribution in [2.45, 2.75) is 18.4 Å². The zero-order valence-corrected chi connectivity index (χ0v) is 12.2. The number of hydrogen-bond donors (Lipinski definition) is 1. The second kappa shape index (κ2) is 6.07. The number of nitrogens with two attached hydrogens (primary N) is 1. The number of nitrogens with zero attached hydrogens (tertiary/aromatic N) is 1. The molecule has 106 valence electrons. The molecule has 0 radical (unpaired) electrons. The molecule has 2 rings (SSSR count). The molecule has 2 N–H and O–H groups in total. The topological polar surface area (TPSA) is 63.4 Å². The fourth-order valence-corrected chi connectivity index (χ4v) is 3.47. The second-order valence-electron chi connectivity index (χ2n) is 4.49. The van der Waals surface area contributed by atoms with Gasteiger partial charge >= 0.3 is 0 Å². The fourth-order valence-electron chi connectivity index (χ4n) is 1.98. The number of nitrogen functional groups attached to an aromatic ring is 1. The molecule has 0 fully saturated rings. The smallest absolute Gasteiger partial charge is 0.243 e. The van der Waals surface area contributed by atoms with E-state index >= 15 is 0 Å². The first-order valence-corrected chi connectivity index (χ1v) is 7.87. The van der Waals surface area contributed by atoms with Crippen molar-refractivity contribution in [2.75, 3.05) is 12.3 Å². The zero-order chi connectivity index (χ0) is 14.6. The van der Waals surface area contributed by atoms with Gasteiger partial charge in [0.25, 0.3) is 0 Å². The summed E-state index contributed by atoms with van der Waals surface area (Å²) >= 11 is 0. The molecule has 0 saturated carbocycles. The molecule has 20 heavy (non-hydrogen) atoms. The molecule has 0 aliphatic carbocycles. The highest BCUT2D eigenvalue weighted by atomic mass is 32.2. The SMILES string of the molecule is CCN(Cc1ccccc1)S(=O)(=O)c1cccc(N)c1. The highest BCUT2D eigenvalue weighted by Crippen LogP contribution is 2.20. The average Bonchev–Trinajstić information content (AvgIpc) is 2.45. The van der Waals surface area contributed by atoms with Crippen LogP contribution in [-0.4, -0.2) is 19.3 Å². The highest BCUT2D eigenvalue weighted by Gasteiger charge is 2.23. The molecule has 0 bridgehead atoms. The quantitative estimate of drug-likeness (QED) is 0.860. The fraction of sp³-hybridized carbons (Fsp3) is 0.200. The van der Waals surface area contributed by atoms with Gasteiger partial charge in [0.2, 0.25) is 10.0 Å². The lowest BCUT2D eigenvalue weighted by Gasteiger charge is -2.20. The first-order valence-electron chi connectivity index (χ1n) is 6.43. The Balaban J connectivity index is 2.31. The van der Waals surface area contributed by atoms with Crippen LogP contribution in [0, 0.1) is 0 Å². The largest absolute Gasteiger partial charge is 0.399 e. The number of anilines is 1.